The zero-order valence-electron chi connectivity index (χ0n) is 18.2. The smallest absolute Gasteiger partial charge is 0.259 e. The van der Waals surface area contributed by atoms with Gasteiger partial charge in [0.1, 0.15) is 11.5 Å². The van der Waals surface area contributed by atoms with Crippen molar-refractivity contribution in [3.63, 3.8) is 0 Å². The van der Waals surface area contributed by atoms with Crippen molar-refractivity contribution in [3.05, 3.63) is 77.7 Å². The zero-order chi connectivity index (χ0) is 22.1. The fourth-order valence-corrected chi connectivity index (χ4v) is 4.28. The molecule has 1 aliphatic heterocycles. The van der Waals surface area contributed by atoms with Crippen molar-refractivity contribution < 1.29 is 4.79 Å². The number of H-pyrrole nitrogens is 1. The van der Waals surface area contributed by atoms with Crippen LogP contribution in [0, 0.1) is 0 Å². The van der Waals surface area contributed by atoms with Gasteiger partial charge in [0.2, 0.25) is 0 Å². The number of benzene rings is 1. The summed E-state index contributed by atoms with van der Waals surface area (Å²) in [5.41, 5.74) is 5.66. The highest BCUT2D eigenvalue weighted by Gasteiger charge is 2.27. The van der Waals surface area contributed by atoms with Crippen LogP contribution in [0.2, 0.25) is 0 Å². The number of amides is 1. The maximum atomic E-state index is 13.1. The lowest BCUT2D eigenvalue weighted by Gasteiger charge is -2.33. The number of anilines is 3. The van der Waals surface area contributed by atoms with Gasteiger partial charge in [-0.3, -0.25) is 4.79 Å². The van der Waals surface area contributed by atoms with Gasteiger partial charge in [-0.25, -0.2) is 9.97 Å². The predicted octanol–water partition coefficient (Wildman–Crippen LogP) is 4.92. The maximum Gasteiger partial charge on any atom is 0.259 e. The van der Waals surface area contributed by atoms with Crippen LogP contribution in [0.25, 0.3) is 11.0 Å². The quantitative estimate of drug-likeness (QED) is 0.364. The van der Waals surface area contributed by atoms with Crippen molar-refractivity contribution in [3.8, 4) is 0 Å². The van der Waals surface area contributed by atoms with E-state index in [0.717, 1.165) is 40.9 Å². The number of carbonyl (C=O) groups excluding carboxylic acids is 1. The molecule has 0 atom stereocenters. The summed E-state index contributed by atoms with van der Waals surface area (Å²) in [4.78, 5) is 24.9. The third-order valence-corrected chi connectivity index (χ3v) is 6.12. The summed E-state index contributed by atoms with van der Waals surface area (Å²) >= 11 is 0. The van der Waals surface area contributed by atoms with Crippen LogP contribution in [0.5, 0.6) is 0 Å². The van der Waals surface area contributed by atoms with Gasteiger partial charge >= 0.3 is 0 Å². The van der Waals surface area contributed by atoms with Gasteiger partial charge in [-0.1, -0.05) is 19.9 Å². The number of nitrogens with one attached hydrogen (secondary N) is 4. The second-order valence-corrected chi connectivity index (χ2v) is 8.74. The minimum Gasteiger partial charge on any atom is -0.385 e. The highest BCUT2D eigenvalue weighted by atomic mass is 16.1. The molecule has 7 heteroatoms. The monoisotopic (exact) mass is 426 g/mol. The van der Waals surface area contributed by atoms with Crippen molar-refractivity contribution in [2.45, 2.75) is 32.2 Å². The summed E-state index contributed by atoms with van der Waals surface area (Å²) in [5, 5.41) is 10.8. The van der Waals surface area contributed by atoms with E-state index in [1.807, 2.05) is 30.5 Å². The first-order valence-electron chi connectivity index (χ1n) is 10.8. The Morgan fingerprint density at radius 1 is 1.12 bits per heavy atom. The molecule has 0 fully saturated rings. The Morgan fingerprint density at radius 2 is 2.03 bits per heavy atom. The molecule has 4 N–H and O–H groups in total. The number of rotatable bonds is 5. The lowest BCUT2D eigenvalue weighted by molar-refractivity contribution is 0.102. The van der Waals surface area contributed by atoms with Gasteiger partial charge in [0.15, 0.2) is 0 Å². The molecular formula is C25H26N6O. The average Bonchev–Trinajstić information content (AvgIpc) is 3.27. The first kappa shape index (κ1) is 20.1. The first-order valence-corrected chi connectivity index (χ1v) is 10.8. The second kappa shape index (κ2) is 8.00. The molecule has 0 spiro atoms. The van der Waals surface area contributed by atoms with Gasteiger partial charge in [0, 0.05) is 48.4 Å². The fraction of sp³-hybridized carbons (Fsp3) is 0.240. The molecule has 7 nitrogen and oxygen atoms in total. The number of pyridine rings is 2. The molecule has 0 unspecified atom stereocenters. The Balaban J connectivity index is 1.34. The Kier molecular flexibility index (Phi) is 5.01. The third kappa shape index (κ3) is 3.77. The Morgan fingerprint density at radius 3 is 2.94 bits per heavy atom. The van der Waals surface area contributed by atoms with E-state index in [1.165, 1.54) is 5.56 Å². The van der Waals surface area contributed by atoms with Crippen LogP contribution in [-0.2, 0) is 12.0 Å². The normalized spacial score (nSPS) is 14.4. The minimum atomic E-state index is -0.197. The van der Waals surface area contributed by atoms with E-state index in [-0.39, 0.29) is 11.3 Å². The van der Waals surface area contributed by atoms with Crippen molar-refractivity contribution in [1.29, 1.82) is 0 Å². The minimum absolute atomic E-state index is 0.126. The summed E-state index contributed by atoms with van der Waals surface area (Å²) in [5.74, 6) is 0.347. The van der Waals surface area contributed by atoms with Gasteiger partial charge in [-0.2, -0.15) is 0 Å². The Labute approximate surface area is 186 Å². The Bertz CT molecular complexity index is 1290. The van der Waals surface area contributed by atoms with E-state index < -0.39 is 0 Å². The van der Waals surface area contributed by atoms with Crippen molar-refractivity contribution in [1.82, 2.24) is 15.0 Å². The molecule has 1 aliphatic rings. The molecule has 1 aromatic carbocycles. The number of carbonyl (C=O) groups is 1. The molecule has 1 amide bonds. The van der Waals surface area contributed by atoms with Crippen LogP contribution in [0.4, 0.5) is 17.2 Å². The van der Waals surface area contributed by atoms with Crippen LogP contribution in [0.1, 0.15) is 41.8 Å². The molecular weight excluding hydrogens is 400 g/mol. The topological polar surface area (TPSA) is 94.7 Å². The molecule has 0 aliphatic carbocycles. The van der Waals surface area contributed by atoms with Gasteiger partial charge in [-0.05, 0) is 59.4 Å². The summed E-state index contributed by atoms with van der Waals surface area (Å²) in [7, 11) is 0. The Hall–Kier alpha value is -3.87. The van der Waals surface area contributed by atoms with Gasteiger partial charge < -0.3 is 20.9 Å². The molecule has 5 rings (SSSR count). The standard InChI is InChI=1S/C25H26N6O/c1-25(2)9-13-26-21-14-17(5-6-20(21)25)31-24(32)19-4-3-10-27-23(19)30-15-16-7-11-28-22-18(16)8-12-29-22/h3-8,10-12,14,26H,9,13,15H2,1-2H3,(H,27,30)(H,28,29)(H,31,32). The molecule has 3 aromatic heterocycles. The van der Waals surface area contributed by atoms with Gasteiger partial charge in [0.05, 0.1) is 5.56 Å². The molecule has 0 saturated carbocycles. The van der Waals surface area contributed by atoms with E-state index in [2.05, 4.69) is 50.8 Å². The van der Waals surface area contributed by atoms with Crippen LogP contribution in [0.15, 0.2) is 61.1 Å². The molecule has 4 aromatic rings. The molecule has 4 heterocycles. The molecule has 32 heavy (non-hydrogen) atoms. The third-order valence-electron chi connectivity index (χ3n) is 6.12. The van der Waals surface area contributed by atoms with E-state index in [9.17, 15) is 4.79 Å². The number of hydrogen-bond donors (Lipinski definition) is 4. The van der Waals surface area contributed by atoms with Gasteiger partial charge in [-0.15, -0.1) is 0 Å². The molecule has 162 valence electrons. The molecule has 0 radical (unpaired) electrons. The summed E-state index contributed by atoms with van der Waals surface area (Å²) < 4.78 is 0. The fourth-order valence-electron chi connectivity index (χ4n) is 4.28. The number of hydrogen-bond acceptors (Lipinski definition) is 5. The number of aromatic nitrogens is 3. The van der Waals surface area contributed by atoms with Gasteiger partial charge in [0.25, 0.3) is 5.91 Å². The van der Waals surface area contributed by atoms with Crippen LogP contribution < -0.4 is 16.0 Å². The SMILES string of the molecule is CC1(C)CCNc2cc(NC(=O)c3cccnc3NCc3ccnc4[nH]ccc34)ccc21. The number of nitrogens with zero attached hydrogens (tertiary/aromatic N) is 2. The van der Waals surface area contributed by atoms with Crippen molar-refractivity contribution >= 4 is 34.1 Å². The van der Waals surface area contributed by atoms with Crippen LogP contribution in [-0.4, -0.2) is 27.4 Å². The van der Waals surface area contributed by atoms with Crippen molar-refractivity contribution in [2.24, 2.45) is 0 Å². The van der Waals surface area contributed by atoms with E-state index in [1.54, 1.807) is 24.5 Å². The molecule has 0 bridgehead atoms. The van der Waals surface area contributed by atoms with Crippen LogP contribution in [0.3, 0.4) is 0 Å². The first-order chi connectivity index (χ1) is 15.5. The summed E-state index contributed by atoms with van der Waals surface area (Å²) in [6.07, 6.45) is 6.41. The maximum absolute atomic E-state index is 13.1. The van der Waals surface area contributed by atoms with E-state index in [0.29, 0.717) is 17.9 Å². The molecule has 0 saturated heterocycles. The zero-order valence-corrected chi connectivity index (χ0v) is 18.2. The van der Waals surface area contributed by atoms with Crippen molar-refractivity contribution in [2.75, 3.05) is 22.5 Å². The largest absolute Gasteiger partial charge is 0.385 e. The second-order valence-electron chi connectivity index (χ2n) is 8.74. The summed E-state index contributed by atoms with van der Waals surface area (Å²) in [6, 6.07) is 13.6. The lowest BCUT2D eigenvalue weighted by atomic mass is 9.78. The van der Waals surface area contributed by atoms with E-state index in [4.69, 9.17) is 0 Å². The number of fused-ring (bicyclic) bond motifs is 2. The summed E-state index contributed by atoms with van der Waals surface area (Å²) in [6.45, 7) is 5.97. The van der Waals surface area contributed by atoms with Crippen LogP contribution >= 0.6 is 0 Å². The van der Waals surface area contributed by atoms with E-state index >= 15 is 0 Å². The number of aromatic amines is 1. The highest BCUT2D eigenvalue weighted by molar-refractivity contribution is 6.07. The predicted molar refractivity (Wildman–Crippen MR) is 128 cm³/mol. The lowest BCUT2D eigenvalue weighted by Crippen LogP contribution is -2.28. The average molecular weight is 427 g/mol. The highest BCUT2D eigenvalue weighted by Crippen LogP contribution is 2.37.